The first-order chi connectivity index (χ1) is 13.1. The minimum absolute atomic E-state index is 0.0573. The van der Waals surface area contributed by atoms with Crippen LogP contribution in [-0.4, -0.2) is 44.1 Å². The number of carbonyl (C=O) groups is 1. The first-order valence-corrected chi connectivity index (χ1v) is 10.2. The summed E-state index contributed by atoms with van der Waals surface area (Å²) in [7, 11) is -4.04. The van der Waals surface area contributed by atoms with Gasteiger partial charge < -0.3 is 4.74 Å². The Morgan fingerprint density at radius 2 is 1.79 bits per heavy atom. The molecule has 0 bridgehead atoms. The van der Waals surface area contributed by atoms with Crippen LogP contribution in [-0.2, 0) is 19.6 Å². The smallest absolute Gasteiger partial charge is 0.454 e. The van der Waals surface area contributed by atoms with Crippen molar-refractivity contribution < 1.29 is 31.1 Å². The lowest BCUT2D eigenvalue weighted by molar-refractivity contribution is -0.208. The highest BCUT2D eigenvalue weighted by molar-refractivity contribution is 7.89. The van der Waals surface area contributed by atoms with Crippen molar-refractivity contribution in [2.24, 2.45) is 10.6 Å². The van der Waals surface area contributed by atoms with Crippen LogP contribution >= 0.6 is 0 Å². The van der Waals surface area contributed by atoms with Gasteiger partial charge >= 0.3 is 12.1 Å². The minimum Gasteiger partial charge on any atom is -0.454 e. The number of halogens is 3. The highest BCUT2D eigenvalue weighted by Gasteiger charge is 2.49. The Bertz CT molecular complexity index is 849. The Balaban J connectivity index is 1.87. The van der Waals surface area contributed by atoms with Gasteiger partial charge in [0.1, 0.15) is 11.8 Å². The summed E-state index contributed by atoms with van der Waals surface area (Å²) in [6.45, 7) is -0.192. The topological polar surface area (TPSA) is 93.1 Å². The number of hydrogen-bond acceptors (Lipinski definition) is 6. The molecule has 1 saturated heterocycles. The molecule has 0 N–H and O–H groups in total. The van der Waals surface area contributed by atoms with Gasteiger partial charge in [0.25, 0.3) is 0 Å². The van der Waals surface area contributed by atoms with Crippen LogP contribution in [0.4, 0.5) is 18.9 Å². The van der Waals surface area contributed by atoms with Gasteiger partial charge in [0.15, 0.2) is 0 Å². The molecule has 1 atom stereocenters. The molecule has 1 aliphatic heterocycles. The average Bonchev–Trinajstić information content (AvgIpc) is 3.07. The summed E-state index contributed by atoms with van der Waals surface area (Å²) < 4.78 is 69.5. The van der Waals surface area contributed by atoms with E-state index >= 15 is 0 Å². The average molecular weight is 420 g/mol. The summed E-state index contributed by atoms with van der Waals surface area (Å²) >= 11 is 0. The molecule has 2 aliphatic rings. The highest BCUT2D eigenvalue weighted by Crippen LogP contribution is 2.46. The van der Waals surface area contributed by atoms with Gasteiger partial charge in [-0.1, -0.05) is 12.8 Å². The Morgan fingerprint density at radius 1 is 1.18 bits per heavy atom. The Hall–Kier alpha value is -2.01. The zero-order valence-electron chi connectivity index (χ0n) is 14.8. The maximum Gasteiger partial charge on any atom is 0.490 e. The van der Waals surface area contributed by atoms with E-state index in [0.29, 0.717) is 12.8 Å². The van der Waals surface area contributed by atoms with Crippen molar-refractivity contribution in [3.63, 3.8) is 0 Å². The first kappa shape index (κ1) is 20.7. The number of carbonyl (C=O) groups excluding carboxylic acids is 1. The van der Waals surface area contributed by atoms with Crippen LogP contribution in [0, 0.1) is 10.3 Å². The molecule has 2 fully saturated rings. The molecule has 1 aromatic rings. The summed E-state index contributed by atoms with van der Waals surface area (Å²) in [5.41, 5.74) is -0.451. The summed E-state index contributed by atoms with van der Waals surface area (Å²) in [5, 5.41) is 2.71. The van der Waals surface area contributed by atoms with Crippen molar-refractivity contribution in [2.75, 3.05) is 13.1 Å². The van der Waals surface area contributed by atoms with Crippen LogP contribution in [0.5, 0.6) is 0 Å². The number of ether oxygens (including phenoxy) is 1. The summed E-state index contributed by atoms with van der Waals surface area (Å²) in [6, 6.07) is 4.93. The van der Waals surface area contributed by atoms with Crippen LogP contribution in [0.3, 0.4) is 0 Å². The van der Waals surface area contributed by atoms with Gasteiger partial charge in [-0.15, -0.1) is 4.91 Å². The number of sulfonamides is 1. The van der Waals surface area contributed by atoms with E-state index in [1.807, 2.05) is 0 Å². The first-order valence-electron chi connectivity index (χ1n) is 8.77. The van der Waals surface area contributed by atoms with Crippen molar-refractivity contribution in [2.45, 2.75) is 49.3 Å². The van der Waals surface area contributed by atoms with Gasteiger partial charge in [-0.2, -0.15) is 17.5 Å². The Morgan fingerprint density at radius 3 is 2.32 bits per heavy atom. The van der Waals surface area contributed by atoms with E-state index in [1.54, 1.807) is 0 Å². The third kappa shape index (κ3) is 4.19. The molecular formula is C17H19F3N2O5S. The molecule has 1 unspecified atom stereocenters. The lowest BCUT2D eigenvalue weighted by Gasteiger charge is -2.43. The lowest BCUT2D eigenvalue weighted by atomic mass is 9.78. The van der Waals surface area contributed by atoms with Crippen molar-refractivity contribution in [3.8, 4) is 0 Å². The molecule has 0 aromatic heterocycles. The number of alkyl halides is 3. The van der Waals surface area contributed by atoms with Crippen molar-refractivity contribution in [1.82, 2.24) is 4.31 Å². The molecule has 3 rings (SSSR count). The third-order valence-corrected chi connectivity index (χ3v) is 7.15. The number of hydrogen-bond donors (Lipinski definition) is 0. The zero-order valence-corrected chi connectivity index (χ0v) is 15.6. The quantitative estimate of drug-likeness (QED) is 0.549. The van der Waals surface area contributed by atoms with E-state index in [9.17, 15) is 31.3 Å². The van der Waals surface area contributed by atoms with E-state index in [-0.39, 0.29) is 30.1 Å². The fourth-order valence-electron chi connectivity index (χ4n) is 4.07. The zero-order chi connectivity index (χ0) is 20.6. The second-order valence-corrected chi connectivity index (χ2v) is 9.26. The van der Waals surface area contributed by atoms with Crippen molar-refractivity contribution in [3.05, 3.63) is 29.2 Å². The van der Waals surface area contributed by atoms with Crippen LogP contribution in [0.2, 0.25) is 0 Å². The van der Waals surface area contributed by atoms with E-state index in [4.69, 9.17) is 0 Å². The molecule has 7 nitrogen and oxygen atoms in total. The molecule has 11 heteroatoms. The van der Waals surface area contributed by atoms with Crippen LogP contribution in [0.25, 0.3) is 0 Å². The molecule has 154 valence electrons. The predicted octanol–water partition coefficient (Wildman–Crippen LogP) is 3.51. The van der Waals surface area contributed by atoms with Gasteiger partial charge in [0.2, 0.25) is 10.0 Å². The molecule has 28 heavy (non-hydrogen) atoms. The fraction of sp³-hybridized carbons (Fsp3) is 0.588. The van der Waals surface area contributed by atoms with E-state index in [1.165, 1.54) is 24.3 Å². The molecule has 1 aromatic carbocycles. The molecule has 0 amide bonds. The maximum atomic E-state index is 13.0. The number of piperidine rings is 1. The van der Waals surface area contributed by atoms with Crippen LogP contribution in [0.15, 0.2) is 34.3 Å². The SMILES string of the molecule is O=Nc1ccc(S(=O)(=O)N2CC(OC(=O)C(F)(F)F)CC3(CCCC3)C2)cc1. The number of nitrogens with zero attached hydrogens (tertiary/aromatic N) is 2. The van der Waals surface area contributed by atoms with E-state index in [2.05, 4.69) is 9.91 Å². The predicted molar refractivity (Wildman–Crippen MR) is 92.1 cm³/mol. The van der Waals surface area contributed by atoms with Gasteiger partial charge in [0.05, 0.1) is 11.4 Å². The van der Waals surface area contributed by atoms with E-state index in [0.717, 1.165) is 17.1 Å². The standard InChI is InChI=1S/C17H19F3N2O5S/c18-17(19,20)15(23)27-13-9-16(7-1-2-8-16)11-22(10-13)28(25,26)14-5-3-12(21-24)4-6-14/h3-6,13H,1-2,7-11H2. The van der Waals surface area contributed by atoms with Crippen molar-refractivity contribution >= 4 is 21.7 Å². The molecule has 1 aliphatic carbocycles. The molecule has 0 radical (unpaired) electrons. The minimum atomic E-state index is -5.14. The van der Waals surface area contributed by atoms with Crippen LogP contribution < -0.4 is 0 Å². The number of esters is 1. The largest absolute Gasteiger partial charge is 0.490 e. The lowest BCUT2D eigenvalue weighted by Crippen LogP contribution is -2.52. The third-order valence-electron chi connectivity index (χ3n) is 5.33. The van der Waals surface area contributed by atoms with Crippen LogP contribution in [0.1, 0.15) is 32.1 Å². The molecule has 1 spiro atoms. The Kier molecular flexibility index (Phi) is 5.50. The molecule has 1 heterocycles. The number of benzene rings is 1. The monoisotopic (exact) mass is 420 g/mol. The molecular weight excluding hydrogens is 401 g/mol. The number of nitroso groups, excluding NO2 is 1. The highest BCUT2D eigenvalue weighted by atomic mass is 32.2. The van der Waals surface area contributed by atoms with E-state index < -0.39 is 33.7 Å². The number of rotatable bonds is 4. The second kappa shape index (κ2) is 7.43. The fourth-order valence-corrected chi connectivity index (χ4v) is 5.66. The second-order valence-electron chi connectivity index (χ2n) is 7.32. The van der Waals surface area contributed by atoms with Gasteiger partial charge in [-0.25, -0.2) is 13.2 Å². The van der Waals surface area contributed by atoms with Gasteiger partial charge in [-0.3, -0.25) is 0 Å². The normalized spacial score (nSPS) is 22.9. The van der Waals surface area contributed by atoms with Crippen molar-refractivity contribution in [1.29, 1.82) is 0 Å². The van der Waals surface area contributed by atoms with Gasteiger partial charge in [0, 0.05) is 6.54 Å². The summed E-state index contributed by atoms with van der Waals surface area (Å²) in [6.07, 6.45) is -3.11. The summed E-state index contributed by atoms with van der Waals surface area (Å²) in [4.78, 5) is 21.7. The van der Waals surface area contributed by atoms with Gasteiger partial charge in [-0.05, 0) is 54.1 Å². The Labute approximate surface area is 159 Å². The molecule has 1 saturated carbocycles. The summed E-state index contributed by atoms with van der Waals surface area (Å²) in [5.74, 6) is -2.31. The maximum absolute atomic E-state index is 13.0.